The number of urea groups is 1. The zero-order chi connectivity index (χ0) is 39.8. The second kappa shape index (κ2) is 19.0. The van der Waals surface area contributed by atoms with Crippen LogP contribution in [0.3, 0.4) is 0 Å². The molecule has 12 nitrogen and oxygen atoms in total. The Labute approximate surface area is 330 Å². The van der Waals surface area contributed by atoms with Crippen molar-refractivity contribution in [3.8, 4) is 0 Å². The average molecular weight is 768 g/mol. The molecule has 0 unspecified atom stereocenters. The fraction of sp³-hybridized carbons (Fsp3) is 0.568. The molecular weight excluding hydrogens is 707 g/mol. The number of aryl methyl sites for hydroxylation is 2. The van der Waals surface area contributed by atoms with E-state index in [0.717, 1.165) is 67.9 Å². The van der Waals surface area contributed by atoms with Gasteiger partial charge < -0.3 is 24.8 Å². The molecule has 0 aliphatic carbocycles. The molecule has 1 atom stereocenters. The molecule has 3 aliphatic heterocycles. The highest BCUT2D eigenvalue weighted by atomic mass is 16.5. The van der Waals surface area contributed by atoms with Gasteiger partial charge in [-0.05, 0) is 107 Å². The second-order valence-corrected chi connectivity index (χ2v) is 15.7. The molecule has 0 saturated carbocycles. The van der Waals surface area contributed by atoms with Gasteiger partial charge >= 0.3 is 17.7 Å². The molecule has 0 bridgehead atoms. The minimum atomic E-state index is -0.689. The molecule has 12 heteroatoms. The normalized spacial score (nSPS) is 18.9. The van der Waals surface area contributed by atoms with Crippen molar-refractivity contribution in [2.45, 2.75) is 97.6 Å². The molecule has 3 fully saturated rings. The fourth-order valence-corrected chi connectivity index (χ4v) is 9.15. The summed E-state index contributed by atoms with van der Waals surface area (Å²) in [6.45, 7) is 17.0. The van der Waals surface area contributed by atoms with Crippen molar-refractivity contribution < 1.29 is 19.1 Å². The number of benzene rings is 1. The van der Waals surface area contributed by atoms with Crippen molar-refractivity contribution in [2.24, 2.45) is 11.8 Å². The maximum absolute atomic E-state index is 14.4. The van der Waals surface area contributed by atoms with Gasteiger partial charge in [0.1, 0.15) is 6.04 Å². The summed E-state index contributed by atoms with van der Waals surface area (Å²) in [6, 6.07) is 5.43. The van der Waals surface area contributed by atoms with Gasteiger partial charge in [0.2, 0.25) is 5.91 Å². The van der Waals surface area contributed by atoms with Crippen molar-refractivity contribution in [2.75, 3.05) is 52.4 Å². The standard InChI is InChI=1S/C44H61N7O5/c1-6-10-11-37-30(5)45-28-39-41(37)47-44(55)51(39)36-18-24-50(25-19-36)43(54)46-38(27-31-12-13-32(7-2)33(8-3)26-31)42(53)49-22-16-35(17-23-49)34-14-20-48(21-15-34)29-40(52)56-9-4/h6,10-13,26,28,34-36,38H,5,7-9,14-25,27,29H2,1-4H3,(H,46,54)(H,47,55)/b10-6-,37-11+/t38-/m1/s1. The molecule has 0 spiro atoms. The molecule has 1 aromatic carbocycles. The number of nitrogens with zero attached hydrogens (tertiary/aromatic N) is 5. The van der Waals surface area contributed by atoms with E-state index in [0.29, 0.717) is 81.3 Å². The van der Waals surface area contributed by atoms with Crippen LogP contribution in [0.5, 0.6) is 0 Å². The lowest BCUT2D eigenvalue weighted by Crippen LogP contribution is -2.55. The van der Waals surface area contributed by atoms with Gasteiger partial charge in [-0.15, -0.1) is 0 Å². The number of fused-ring (bicyclic) bond motifs is 1. The van der Waals surface area contributed by atoms with Gasteiger partial charge in [-0.2, -0.15) is 0 Å². The first-order valence-corrected chi connectivity index (χ1v) is 20.9. The van der Waals surface area contributed by atoms with E-state index in [1.54, 1.807) is 15.7 Å². The highest BCUT2D eigenvalue weighted by molar-refractivity contribution is 5.87. The molecule has 6 rings (SSSR count). The van der Waals surface area contributed by atoms with E-state index >= 15 is 0 Å². The smallest absolute Gasteiger partial charge is 0.326 e. The molecule has 3 aromatic rings. The third kappa shape index (κ3) is 9.45. The van der Waals surface area contributed by atoms with Crippen molar-refractivity contribution in [1.82, 2.24) is 34.6 Å². The maximum Gasteiger partial charge on any atom is 0.326 e. The van der Waals surface area contributed by atoms with E-state index in [-0.39, 0.29) is 29.6 Å². The number of ether oxygens (including phenoxy) is 1. The molecule has 3 amide bonds. The number of carbonyl (C=O) groups excluding carboxylic acids is 3. The van der Waals surface area contributed by atoms with Crippen LogP contribution in [0.4, 0.5) is 4.79 Å². The number of hydrogen-bond acceptors (Lipinski definition) is 7. The predicted octanol–water partition coefficient (Wildman–Crippen LogP) is 4.09. The molecule has 56 heavy (non-hydrogen) atoms. The van der Waals surface area contributed by atoms with Crippen LogP contribution in [0.25, 0.3) is 23.7 Å². The number of H-pyrrole nitrogens is 1. The highest BCUT2D eigenvalue weighted by Crippen LogP contribution is 2.33. The lowest BCUT2D eigenvalue weighted by atomic mass is 9.78. The molecule has 5 heterocycles. The Hall–Kier alpha value is -4.71. The number of carbonyl (C=O) groups is 3. The third-order valence-corrected chi connectivity index (χ3v) is 12.3. The largest absolute Gasteiger partial charge is 0.465 e. The molecule has 0 radical (unpaired) electrons. The number of aromatic nitrogens is 3. The summed E-state index contributed by atoms with van der Waals surface area (Å²) in [5, 5.41) is 4.56. The summed E-state index contributed by atoms with van der Waals surface area (Å²) in [5.41, 5.74) is 4.89. The average Bonchev–Trinajstić information content (AvgIpc) is 3.55. The number of rotatable bonds is 12. The number of aromatic amines is 1. The number of imidazole rings is 1. The number of likely N-dealkylation sites (tertiary alicyclic amines) is 3. The Bertz CT molecular complexity index is 2050. The Morgan fingerprint density at radius 2 is 1.61 bits per heavy atom. The minimum Gasteiger partial charge on any atom is -0.465 e. The topological polar surface area (TPSA) is 133 Å². The number of allylic oxidation sites excluding steroid dienone is 2. The number of hydrogen-bond donors (Lipinski definition) is 2. The van der Waals surface area contributed by atoms with Crippen LogP contribution in [0.15, 0.2) is 41.3 Å². The van der Waals surface area contributed by atoms with Crippen molar-refractivity contribution >= 4 is 41.6 Å². The predicted molar refractivity (Wildman–Crippen MR) is 221 cm³/mol. The molecule has 302 valence electrons. The quantitative estimate of drug-likeness (QED) is 0.266. The number of pyridine rings is 1. The van der Waals surface area contributed by atoms with Gasteiger partial charge in [-0.1, -0.05) is 56.9 Å². The zero-order valence-electron chi connectivity index (χ0n) is 33.9. The third-order valence-electron chi connectivity index (χ3n) is 12.3. The van der Waals surface area contributed by atoms with Gasteiger partial charge in [-0.25, -0.2) is 9.59 Å². The van der Waals surface area contributed by atoms with Crippen LogP contribution >= 0.6 is 0 Å². The first-order chi connectivity index (χ1) is 27.1. The van der Waals surface area contributed by atoms with E-state index in [2.05, 4.69) is 58.8 Å². The maximum atomic E-state index is 14.4. The second-order valence-electron chi connectivity index (χ2n) is 15.7. The number of nitrogens with one attached hydrogen (secondary N) is 2. The van der Waals surface area contributed by atoms with E-state index in [1.807, 2.05) is 37.0 Å². The lowest BCUT2D eigenvalue weighted by Gasteiger charge is -2.41. The van der Waals surface area contributed by atoms with Crippen molar-refractivity contribution in [3.63, 3.8) is 0 Å². The Kier molecular flexibility index (Phi) is 13.9. The summed E-state index contributed by atoms with van der Waals surface area (Å²) in [5.74, 6) is 0.954. The van der Waals surface area contributed by atoms with Crippen LogP contribution in [0, 0.1) is 11.8 Å². The van der Waals surface area contributed by atoms with Crippen LogP contribution in [-0.2, 0) is 33.6 Å². The molecular formula is C44H61N7O5. The summed E-state index contributed by atoms with van der Waals surface area (Å²) in [6.07, 6.45) is 14.9. The molecule has 3 aliphatic rings. The SMILES string of the molecule is C=c1ncc2c([nH]c(=O)n2C2CCN(C(=O)N[C@H](Cc3ccc(CC)c(CC)c3)C(=O)N3CCC(C4CCN(CC(=O)OCC)CC4)CC3)CC2)/c1=C/C=C\C. The van der Waals surface area contributed by atoms with E-state index < -0.39 is 6.04 Å². The summed E-state index contributed by atoms with van der Waals surface area (Å²) >= 11 is 0. The van der Waals surface area contributed by atoms with Gasteiger partial charge in [0.05, 0.1) is 35.7 Å². The molecule has 2 aromatic heterocycles. The zero-order valence-corrected chi connectivity index (χ0v) is 33.9. The Balaban J connectivity index is 1.11. The van der Waals surface area contributed by atoms with Gasteiger partial charge in [0.15, 0.2) is 0 Å². The van der Waals surface area contributed by atoms with Crippen LogP contribution in [0.1, 0.15) is 89.0 Å². The summed E-state index contributed by atoms with van der Waals surface area (Å²) in [4.78, 5) is 67.0. The van der Waals surface area contributed by atoms with Crippen molar-refractivity contribution in [3.05, 3.63) is 74.3 Å². The molecule has 2 N–H and O–H groups in total. The summed E-state index contributed by atoms with van der Waals surface area (Å²) < 4.78 is 6.92. The first kappa shape index (κ1) is 40.9. The Morgan fingerprint density at radius 3 is 2.25 bits per heavy atom. The number of esters is 1. The Morgan fingerprint density at radius 1 is 0.946 bits per heavy atom. The van der Waals surface area contributed by atoms with Gasteiger partial charge in [0, 0.05) is 43.9 Å². The summed E-state index contributed by atoms with van der Waals surface area (Å²) in [7, 11) is 0. The number of amides is 3. The van der Waals surface area contributed by atoms with E-state index in [4.69, 9.17) is 4.74 Å². The first-order valence-electron chi connectivity index (χ1n) is 20.9. The fourth-order valence-electron chi connectivity index (χ4n) is 9.15. The van der Waals surface area contributed by atoms with Crippen LogP contribution in [-0.4, -0.2) is 106 Å². The monoisotopic (exact) mass is 767 g/mol. The van der Waals surface area contributed by atoms with Crippen molar-refractivity contribution in [1.29, 1.82) is 0 Å². The molecule has 3 saturated heterocycles. The van der Waals surface area contributed by atoms with E-state index in [9.17, 15) is 19.2 Å². The number of piperidine rings is 3. The van der Waals surface area contributed by atoms with Gasteiger partial charge in [-0.3, -0.25) is 24.0 Å². The van der Waals surface area contributed by atoms with Gasteiger partial charge in [0.25, 0.3) is 0 Å². The lowest BCUT2D eigenvalue weighted by molar-refractivity contribution is -0.144. The highest BCUT2D eigenvalue weighted by Gasteiger charge is 2.35. The van der Waals surface area contributed by atoms with Crippen LogP contribution < -0.4 is 21.6 Å². The van der Waals surface area contributed by atoms with Crippen LogP contribution in [0.2, 0.25) is 0 Å². The van der Waals surface area contributed by atoms with E-state index in [1.165, 1.54) is 11.1 Å². The minimum absolute atomic E-state index is 0.0262.